The molecule has 0 saturated carbocycles. The van der Waals surface area contributed by atoms with E-state index in [1.807, 2.05) is 10.0 Å². The minimum absolute atomic E-state index is 0.153. The van der Waals surface area contributed by atoms with Gasteiger partial charge in [-0.2, -0.15) is 13.2 Å². The van der Waals surface area contributed by atoms with E-state index in [9.17, 15) is 26.4 Å². The molecule has 21 heavy (non-hydrogen) atoms. The minimum atomic E-state index is -5.03. The van der Waals surface area contributed by atoms with E-state index in [0.717, 1.165) is 24.3 Å². The van der Waals surface area contributed by atoms with Crippen LogP contribution in [-0.2, 0) is 14.8 Å². The number of sulfonamides is 1. The molecule has 10 heteroatoms. The largest absolute Gasteiger partial charge is 0.479 e. The number of aliphatic carboxylic acids is 1. The Kier molecular flexibility index (Phi) is 4.54. The highest BCUT2D eigenvalue weighted by molar-refractivity contribution is 7.89. The average Bonchev–Trinajstić information content (AvgIpc) is 2.37. The molecular formula is C11H13F3N2O4S. The van der Waals surface area contributed by atoms with Gasteiger partial charge in [-0.3, -0.25) is 0 Å². The highest BCUT2D eigenvalue weighted by atomic mass is 32.2. The second-order valence-corrected chi connectivity index (χ2v) is 6.17. The zero-order valence-corrected chi connectivity index (χ0v) is 11.8. The first-order valence-electron chi connectivity index (χ1n) is 5.56. The van der Waals surface area contributed by atoms with Crippen LogP contribution in [0.1, 0.15) is 6.92 Å². The zero-order chi connectivity index (χ0) is 16.5. The quantitative estimate of drug-likeness (QED) is 0.760. The van der Waals surface area contributed by atoms with Crippen molar-refractivity contribution in [1.29, 1.82) is 0 Å². The molecule has 6 nitrogen and oxygen atoms in total. The normalized spacial score (nSPS) is 15.3. The molecule has 1 unspecified atom stereocenters. The monoisotopic (exact) mass is 326 g/mol. The number of halogens is 3. The lowest BCUT2D eigenvalue weighted by Crippen LogP contribution is -2.55. The smallest absolute Gasteiger partial charge is 0.422 e. The molecule has 0 aliphatic heterocycles. The van der Waals surface area contributed by atoms with Crippen LogP contribution in [-0.4, -0.2) is 38.3 Å². The molecular weight excluding hydrogens is 313 g/mol. The van der Waals surface area contributed by atoms with E-state index < -0.39 is 27.7 Å². The van der Waals surface area contributed by atoms with Gasteiger partial charge in [0.05, 0.1) is 4.90 Å². The van der Waals surface area contributed by atoms with E-state index in [0.29, 0.717) is 6.92 Å². The molecule has 0 radical (unpaired) electrons. The molecule has 0 aliphatic rings. The van der Waals surface area contributed by atoms with E-state index in [1.165, 1.54) is 7.05 Å². The van der Waals surface area contributed by atoms with Gasteiger partial charge in [0.1, 0.15) is 0 Å². The van der Waals surface area contributed by atoms with Crippen molar-refractivity contribution in [2.24, 2.45) is 0 Å². The van der Waals surface area contributed by atoms with E-state index in [1.54, 1.807) is 0 Å². The summed E-state index contributed by atoms with van der Waals surface area (Å²) in [6.45, 7) is 0.480. The summed E-state index contributed by atoms with van der Waals surface area (Å²) in [6, 6.07) is 4.23. The number of carboxylic acids is 1. The Hall–Kier alpha value is -1.81. The lowest BCUT2D eigenvalue weighted by atomic mass is 10.0. The van der Waals surface area contributed by atoms with Crippen LogP contribution >= 0.6 is 0 Å². The van der Waals surface area contributed by atoms with Crippen molar-refractivity contribution in [3.63, 3.8) is 0 Å². The highest BCUT2D eigenvalue weighted by Crippen LogP contribution is 2.33. The van der Waals surface area contributed by atoms with Gasteiger partial charge in [0.15, 0.2) is 0 Å². The van der Waals surface area contributed by atoms with E-state index in [-0.39, 0.29) is 10.6 Å². The molecule has 1 aromatic carbocycles. The Balaban J connectivity index is 3.12. The van der Waals surface area contributed by atoms with Crippen LogP contribution in [0.25, 0.3) is 0 Å². The second kappa shape index (κ2) is 5.53. The van der Waals surface area contributed by atoms with Crippen LogP contribution < -0.4 is 10.0 Å². The number of alkyl halides is 3. The maximum atomic E-state index is 12.8. The van der Waals surface area contributed by atoms with Gasteiger partial charge in [0.25, 0.3) is 0 Å². The Labute approximate surface area is 119 Å². The van der Waals surface area contributed by atoms with E-state index in [4.69, 9.17) is 5.11 Å². The van der Waals surface area contributed by atoms with Crippen molar-refractivity contribution in [3.8, 4) is 0 Å². The topological polar surface area (TPSA) is 95.5 Å². The summed E-state index contributed by atoms with van der Waals surface area (Å²) in [5.74, 6) is -2.10. The van der Waals surface area contributed by atoms with Crippen molar-refractivity contribution in [1.82, 2.24) is 4.72 Å². The number of carboxylic acid groups (broad SMARTS) is 1. The molecule has 0 fully saturated rings. The molecule has 3 N–H and O–H groups in total. The fourth-order valence-electron chi connectivity index (χ4n) is 1.37. The first kappa shape index (κ1) is 17.2. The van der Waals surface area contributed by atoms with Crippen LogP contribution in [0.3, 0.4) is 0 Å². The predicted octanol–water partition coefficient (Wildman–Crippen LogP) is 1.41. The summed E-state index contributed by atoms with van der Waals surface area (Å²) >= 11 is 0. The van der Waals surface area contributed by atoms with Crippen LogP contribution in [0.5, 0.6) is 0 Å². The third-order valence-electron chi connectivity index (χ3n) is 2.82. The molecule has 0 amide bonds. The van der Waals surface area contributed by atoms with Crippen molar-refractivity contribution in [2.75, 3.05) is 12.4 Å². The molecule has 1 aromatic rings. The molecule has 0 aliphatic carbocycles. The average molecular weight is 326 g/mol. The molecule has 1 rings (SSSR count). The van der Waals surface area contributed by atoms with E-state index >= 15 is 0 Å². The summed E-state index contributed by atoms with van der Waals surface area (Å²) in [4.78, 5) is 10.7. The highest BCUT2D eigenvalue weighted by Gasteiger charge is 2.57. The first-order chi connectivity index (χ1) is 9.44. The summed E-state index contributed by atoms with van der Waals surface area (Å²) in [6.07, 6.45) is -5.03. The van der Waals surface area contributed by atoms with Gasteiger partial charge >= 0.3 is 12.1 Å². The number of nitrogens with one attached hydrogen (secondary N) is 2. The third-order valence-corrected chi connectivity index (χ3v) is 4.25. The Bertz CT molecular complexity index is 628. The summed E-state index contributed by atoms with van der Waals surface area (Å²) < 4.78 is 63.4. The van der Waals surface area contributed by atoms with E-state index in [2.05, 4.69) is 0 Å². The summed E-state index contributed by atoms with van der Waals surface area (Å²) in [5, 5.41) is 10.6. The number of anilines is 1. The Morgan fingerprint density at radius 2 is 1.67 bits per heavy atom. The zero-order valence-electron chi connectivity index (χ0n) is 11.0. The van der Waals surface area contributed by atoms with Crippen LogP contribution in [0.2, 0.25) is 0 Å². The van der Waals surface area contributed by atoms with Gasteiger partial charge in [-0.05, 0) is 38.2 Å². The van der Waals surface area contributed by atoms with Crippen molar-refractivity contribution >= 4 is 21.7 Å². The Morgan fingerprint density at radius 3 is 2.00 bits per heavy atom. The van der Waals surface area contributed by atoms with Gasteiger partial charge in [-0.1, -0.05) is 0 Å². The van der Waals surface area contributed by atoms with Gasteiger partial charge < -0.3 is 10.4 Å². The number of benzene rings is 1. The van der Waals surface area contributed by atoms with Gasteiger partial charge in [0, 0.05) is 5.69 Å². The molecule has 0 saturated heterocycles. The van der Waals surface area contributed by atoms with Gasteiger partial charge in [-0.15, -0.1) is 0 Å². The fraction of sp³-hybridized carbons (Fsp3) is 0.364. The van der Waals surface area contributed by atoms with Crippen LogP contribution in [0, 0.1) is 0 Å². The summed E-state index contributed by atoms with van der Waals surface area (Å²) in [5.41, 5.74) is -3.36. The number of rotatable bonds is 5. The molecule has 118 valence electrons. The third kappa shape index (κ3) is 3.45. The molecule has 0 spiro atoms. The fourth-order valence-corrected chi connectivity index (χ4v) is 2.10. The molecule has 0 aromatic heterocycles. The first-order valence-corrected chi connectivity index (χ1v) is 7.04. The van der Waals surface area contributed by atoms with Gasteiger partial charge in [-0.25, -0.2) is 17.9 Å². The number of carbonyl (C=O) groups is 1. The maximum Gasteiger partial charge on any atom is 0.422 e. The molecule has 0 heterocycles. The predicted molar refractivity (Wildman–Crippen MR) is 68.4 cm³/mol. The maximum absolute atomic E-state index is 12.8. The SMILES string of the molecule is CNS(=O)(=O)c1ccc(NC(C)(C(=O)O)C(F)(F)F)cc1. The second-order valence-electron chi connectivity index (χ2n) is 4.28. The van der Waals surface area contributed by atoms with Gasteiger partial charge in [0.2, 0.25) is 15.6 Å². The van der Waals surface area contributed by atoms with Crippen molar-refractivity contribution in [2.45, 2.75) is 23.5 Å². The van der Waals surface area contributed by atoms with Crippen molar-refractivity contribution in [3.05, 3.63) is 24.3 Å². The number of hydrogen-bond acceptors (Lipinski definition) is 4. The molecule has 0 bridgehead atoms. The Morgan fingerprint density at radius 1 is 1.19 bits per heavy atom. The van der Waals surface area contributed by atoms with Crippen molar-refractivity contribution < 1.29 is 31.5 Å². The number of hydrogen-bond donors (Lipinski definition) is 3. The van der Waals surface area contributed by atoms with Crippen LogP contribution in [0.15, 0.2) is 29.2 Å². The summed E-state index contributed by atoms with van der Waals surface area (Å²) in [7, 11) is -2.53. The molecule has 1 atom stereocenters. The minimum Gasteiger partial charge on any atom is -0.479 e. The lowest BCUT2D eigenvalue weighted by molar-refractivity contribution is -0.192. The lowest BCUT2D eigenvalue weighted by Gasteiger charge is -2.29. The standard InChI is InChI=1S/C11H13F3N2O4S/c1-10(9(17)18,11(12,13)14)16-7-3-5-8(6-4-7)21(19,20)15-2/h3-6,15-16H,1-2H3,(H,17,18). The van der Waals surface area contributed by atoms with Crippen LogP contribution in [0.4, 0.5) is 18.9 Å².